The number of hydrogen-bond acceptors (Lipinski definition) is 4. The third-order valence-electron chi connectivity index (χ3n) is 3.11. The van der Waals surface area contributed by atoms with Crippen LogP contribution in [-0.2, 0) is 20.9 Å². The summed E-state index contributed by atoms with van der Waals surface area (Å²) >= 11 is 0. The van der Waals surface area contributed by atoms with E-state index in [1.165, 1.54) is 0 Å². The molecule has 1 aliphatic rings. The van der Waals surface area contributed by atoms with Gasteiger partial charge in [0.1, 0.15) is 12.7 Å². The van der Waals surface area contributed by atoms with Crippen LogP contribution in [0, 0.1) is 5.92 Å². The molecule has 0 radical (unpaired) electrons. The number of ketones is 1. The lowest BCUT2D eigenvalue weighted by molar-refractivity contribution is -0.123. The van der Waals surface area contributed by atoms with E-state index in [1.54, 1.807) is 0 Å². The van der Waals surface area contributed by atoms with Crippen molar-refractivity contribution in [3.05, 3.63) is 35.9 Å². The summed E-state index contributed by atoms with van der Waals surface area (Å²) in [7, 11) is 0. The molecule has 1 heterocycles. The molecule has 5 nitrogen and oxygen atoms in total. The standard InChI is InChI=1S/C15H19NO4/c1-10(2)13(14(17)12-9-19-12)16-15(18)20-8-11-6-4-3-5-7-11/h3-7,10,12-13H,8-9H2,1-2H3,(H,16,18)/t12?,13-/m0/s1. The van der Waals surface area contributed by atoms with Gasteiger partial charge in [0.05, 0.1) is 12.6 Å². The topological polar surface area (TPSA) is 67.9 Å². The normalized spacial score (nSPS) is 18.4. The van der Waals surface area contributed by atoms with E-state index in [9.17, 15) is 9.59 Å². The first kappa shape index (κ1) is 14.5. The summed E-state index contributed by atoms with van der Waals surface area (Å²) in [6.07, 6.45) is -0.946. The van der Waals surface area contributed by atoms with Gasteiger partial charge in [-0.05, 0) is 11.5 Å². The molecule has 108 valence electrons. The highest BCUT2D eigenvalue weighted by molar-refractivity contribution is 5.92. The van der Waals surface area contributed by atoms with E-state index in [4.69, 9.17) is 9.47 Å². The van der Waals surface area contributed by atoms with Gasteiger partial charge >= 0.3 is 6.09 Å². The first-order chi connectivity index (χ1) is 9.58. The molecule has 2 atom stereocenters. The highest BCUT2D eigenvalue weighted by atomic mass is 16.6. The SMILES string of the molecule is CC(C)[C@H](NC(=O)OCc1ccccc1)C(=O)C1CO1. The van der Waals surface area contributed by atoms with Crippen molar-refractivity contribution in [2.45, 2.75) is 32.6 Å². The molecule has 0 saturated carbocycles. The summed E-state index contributed by atoms with van der Waals surface area (Å²) in [4.78, 5) is 23.7. The van der Waals surface area contributed by atoms with Gasteiger partial charge in [0, 0.05) is 0 Å². The van der Waals surface area contributed by atoms with Crippen LogP contribution >= 0.6 is 0 Å². The smallest absolute Gasteiger partial charge is 0.408 e. The molecule has 1 saturated heterocycles. The van der Waals surface area contributed by atoms with Crippen LogP contribution < -0.4 is 5.32 Å². The highest BCUT2D eigenvalue weighted by Gasteiger charge is 2.38. The molecule has 0 bridgehead atoms. The van der Waals surface area contributed by atoms with Crippen molar-refractivity contribution in [2.24, 2.45) is 5.92 Å². The van der Waals surface area contributed by atoms with Crippen LogP contribution in [0.2, 0.25) is 0 Å². The second-order valence-electron chi connectivity index (χ2n) is 5.15. The van der Waals surface area contributed by atoms with Gasteiger partial charge in [-0.25, -0.2) is 4.79 Å². The maximum Gasteiger partial charge on any atom is 0.408 e. The molecule has 20 heavy (non-hydrogen) atoms. The number of ether oxygens (including phenoxy) is 2. The van der Waals surface area contributed by atoms with Gasteiger partial charge in [-0.1, -0.05) is 44.2 Å². The molecule has 1 aliphatic heterocycles. The molecule has 1 aromatic carbocycles. The Morgan fingerprint density at radius 2 is 2.00 bits per heavy atom. The second kappa shape index (κ2) is 6.52. The van der Waals surface area contributed by atoms with Crippen LogP contribution in [0.1, 0.15) is 19.4 Å². The molecule has 0 aromatic heterocycles. The number of carbonyl (C=O) groups excluding carboxylic acids is 2. The molecule has 1 amide bonds. The van der Waals surface area contributed by atoms with Crippen LogP contribution in [0.15, 0.2) is 30.3 Å². The fraction of sp³-hybridized carbons (Fsp3) is 0.467. The molecule has 5 heteroatoms. The van der Waals surface area contributed by atoms with Gasteiger partial charge in [0.25, 0.3) is 0 Å². The van der Waals surface area contributed by atoms with E-state index in [1.807, 2.05) is 44.2 Å². The minimum absolute atomic E-state index is 0.00373. The van der Waals surface area contributed by atoms with Gasteiger partial charge in [0.15, 0.2) is 5.78 Å². The van der Waals surface area contributed by atoms with Crippen molar-refractivity contribution < 1.29 is 19.1 Å². The van der Waals surface area contributed by atoms with Gasteiger partial charge in [-0.15, -0.1) is 0 Å². The lowest BCUT2D eigenvalue weighted by Crippen LogP contribution is -2.46. The Morgan fingerprint density at radius 1 is 1.35 bits per heavy atom. The first-order valence-corrected chi connectivity index (χ1v) is 6.70. The van der Waals surface area contributed by atoms with E-state index in [0.29, 0.717) is 6.61 Å². The maximum atomic E-state index is 12.0. The van der Waals surface area contributed by atoms with Gasteiger partial charge in [-0.2, -0.15) is 0 Å². The Balaban J connectivity index is 1.83. The predicted octanol–water partition coefficient (Wildman–Crippen LogP) is 1.91. The zero-order valence-corrected chi connectivity index (χ0v) is 11.7. The van der Waals surface area contributed by atoms with Crippen LogP contribution in [-0.4, -0.2) is 30.6 Å². The fourth-order valence-electron chi connectivity index (χ4n) is 1.87. The molecule has 0 aliphatic carbocycles. The number of hydrogen-bond donors (Lipinski definition) is 1. The van der Waals surface area contributed by atoms with Crippen LogP contribution in [0.4, 0.5) is 4.79 Å². The zero-order valence-electron chi connectivity index (χ0n) is 11.7. The minimum Gasteiger partial charge on any atom is -0.445 e. The largest absolute Gasteiger partial charge is 0.445 e. The van der Waals surface area contributed by atoms with E-state index in [2.05, 4.69) is 5.32 Å². The number of nitrogens with one attached hydrogen (secondary N) is 1. The van der Waals surface area contributed by atoms with Crippen LogP contribution in [0.25, 0.3) is 0 Å². The van der Waals surface area contributed by atoms with E-state index in [-0.39, 0.29) is 24.4 Å². The summed E-state index contributed by atoms with van der Waals surface area (Å²) < 4.78 is 10.1. The van der Waals surface area contributed by atoms with E-state index in [0.717, 1.165) is 5.56 Å². The number of benzene rings is 1. The summed E-state index contributed by atoms with van der Waals surface area (Å²) in [6, 6.07) is 8.83. The quantitative estimate of drug-likeness (QED) is 0.806. The number of carbonyl (C=O) groups is 2. The molecular weight excluding hydrogens is 258 g/mol. The monoisotopic (exact) mass is 277 g/mol. The first-order valence-electron chi connectivity index (χ1n) is 6.70. The highest BCUT2D eigenvalue weighted by Crippen LogP contribution is 2.16. The Kier molecular flexibility index (Phi) is 4.74. The molecule has 1 unspecified atom stereocenters. The second-order valence-corrected chi connectivity index (χ2v) is 5.15. The average molecular weight is 277 g/mol. The average Bonchev–Trinajstić information content (AvgIpc) is 3.27. The summed E-state index contributed by atoms with van der Waals surface area (Å²) in [5.41, 5.74) is 0.903. The van der Waals surface area contributed by atoms with Crippen molar-refractivity contribution in [2.75, 3.05) is 6.61 Å². The van der Waals surface area contributed by atoms with Gasteiger partial charge < -0.3 is 14.8 Å². The molecular formula is C15H19NO4. The Hall–Kier alpha value is -1.88. The van der Waals surface area contributed by atoms with Crippen molar-refractivity contribution >= 4 is 11.9 Å². The molecule has 1 fully saturated rings. The van der Waals surface area contributed by atoms with Crippen molar-refractivity contribution in [1.82, 2.24) is 5.32 Å². The molecule has 2 rings (SSSR count). The minimum atomic E-state index is -0.582. The van der Waals surface area contributed by atoms with Crippen LogP contribution in [0.5, 0.6) is 0 Å². The van der Waals surface area contributed by atoms with Gasteiger partial charge in [0.2, 0.25) is 0 Å². The number of Topliss-reactive ketones (excluding diaryl/α,β-unsaturated/α-hetero) is 1. The van der Waals surface area contributed by atoms with Gasteiger partial charge in [-0.3, -0.25) is 4.79 Å². The number of rotatable bonds is 6. The lowest BCUT2D eigenvalue weighted by atomic mass is 9.98. The summed E-state index contributed by atoms with van der Waals surface area (Å²) in [6.45, 7) is 4.39. The number of epoxide rings is 1. The Labute approximate surface area is 118 Å². The molecule has 0 spiro atoms. The number of amides is 1. The predicted molar refractivity (Wildman–Crippen MR) is 73.1 cm³/mol. The van der Waals surface area contributed by atoms with Crippen molar-refractivity contribution in [1.29, 1.82) is 0 Å². The number of alkyl carbamates (subject to hydrolysis) is 1. The molecule has 1 aromatic rings. The zero-order chi connectivity index (χ0) is 14.5. The summed E-state index contributed by atoms with van der Waals surface area (Å²) in [5, 5.41) is 2.62. The van der Waals surface area contributed by atoms with Crippen molar-refractivity contribution in [3.8, 4) is 0 Å². The maximum absolute atomic E-state index is 12.0. The molecule has 1 N–H and O–H groups in total. The fourth-order valence-corrected chi connectivity index (χ4v) is 1.87. The third-order valence-corrected chi connectivity index (χ3v) is 3.11. The van der Waals surface area contributed by atoms with E-state index < -0.39 is 12.1 Å². The summed E-state index contributed by atoms with van der Waals surface area (Å²) in [5.74, 6) is -0.0902. The third kappa shape index (κ3) is 4.06. The Bertz CT molecular complexity index is 468. The van der Waals surface area contributed by atoms with Crippen LogP contribution in [0.3, 0.4) is 0 Å². The Morgan fingerprint density at radius 3 is 2.55 bits per heavy atom. The van der Waals surface area contributed by atoms with Crippen molar-refractivity contribution in [3.63, 3.8) is 0 Å². The lowest BCUT2D eigenvalue weighted by Gasteiger charge is -2.20. The van der Waals surface area contributed by atoms with E-state index >= 15 is 0 Å².